The van der Waals surface area contributed by atoms with Crippen LogP contribution in [0.3, 0.4) is 0 Å². The molecule has 4 nitrogen and oxygen atoms in total. The van der Waals surface area contributed by atoms with Gasteiger partial charge in [-0.15, -0.1) is 0 Å². The van der Waals surface area contributed by atoms with E-state index in [0.29, 0.717) is 17.0 Å². The van der Waals surface area contributed by atoms with Gasteiger partial charge in [0.25, 0.3) is 10.0 Å². The van der Waals surface area contributed by atoms with Gasteiger partial charge in [-0.3, -0.25) is 0 Å². The van der Waals surface area contributed by atoms with Crippen molar-refractivity contribution in [2.75, 3.05) is 0 Å². The molecule has 4 rings (SSSR count). The fraction of sp³-hybridized carbons (Fsp3) is 0.0455. The quantitative estimate of drug-likeness (QED) is 0.476. The Morgan fingerprint density at radius 3 is 2.32 bits per heavy atom. The molecule has 0 spiro atoms. The second kappa shape index (κ2) is 7.05. The molecular weight excluding hydrogens is 375 g/mol. The highest BCUT2D eigenvalue weighted by molar-refractivity contribution is 7.90. The number of hydrogen-bond donors (Lipinski definition) is 0. The number of benzene rings is 2. The van der Waals surface area contributed by atoms with E-state index >= 15 is 0 Å². The molecule has 0 radical (unpaired) electrons. The Labute approximate surface area is 162 Å². The number of pyridine rings is 1. The van der Waals surface area contributed by atoms with Gasteiger partial charge in [0.05, 0.1) is 10.6 Å². The third-order valence-electron chi connectivity index (χ3n) is 4.49. The van der Waals surface area contributed by atoms with Crippen LogP contribution in [-0.2, 0) is 10.0 Å². The molecule has 0 fully saturated rings. The molecular formula is C22H17FN2O2S. The van der Waals surface area contributed by atoms with E-state index in [-0.39, 0.29) is 4.90 Å². The zero-order valence-corrected chi connectivity index (χ0v) is 15.9. The average Bonchev–Trinajstić information content (AvgIpc) is 3.04. The predicted octanol–water partition coefficient (Wildman–Crippen LogP) is 4.61. The van der Waals surface area contributed by atoms with E-state index in [4.69, 9.17) is 0 Å². The summed E-state index contributed by atoms with van der Waals surface area (Å²) in [6.07, 6.45) is 1.88. The Kier molecular flexibility index (Phi) is 4.57. The molecule has 140 valence electrons. The van der Waals surface area contributed by atoms with Gasteiger partial charge in [0.2, 0.25) is 0 Å². The number of fused-ring (bicyclic) bond motifs is 1. The second-order valence-corrected chi connectivity index (χ2v) is 8.01. The Morgan fingerprint density at radius 1 is 0.929 bits per heavy atom. The highest BCUT2D eigenvalue weighted by atomic mass is 32.2. The molecule has 0 amide bonds. The van der Waals surface area contributed by atoms with E-state index in [1.54, 1.807) is 0 Å². The van der Waals surface area contributed by atoms with Crippen molar-refractivity contribution in [1.82, 2.24) is 4.40 Å². The monoisotopic (exact) mass is 392 g/mol. The number of aromatic nitrogens is 1. The van der Waals surface area contributed by atoms with Crippen molar-refractivity contribution in [2.24, 2.45) is 4.40 Å². The lowest BCUT2D eigenvalue weighted by Gasteiger charge is -2.09. The van der Waals surface area contributed by atoms with Gasteiger partial charge in [-0.05, 0) is 55.0 Å². The number of aryl methyl sites for hydroxylation is 1. The Bertz CT molecular complexity index is 1280. The Morgan fingerprint density at radius 2 is 1.61 bits per heavy atom. The Hall–Kier alpha value is -3.25. The highest BCUT2D eigenvalue weighted by Gasteiger charge is 2.19. The standard InChI is InChI=1S/C22H17FN2O2S/c1-16-15-21(25-14-6-5-9-20(16)25)22(17-7-3-2-4-8-17)24-28(26,27)19-12-10-18(23)11-13-19/h2-15H,1H3/b24-22+. The maximum atomic E-state index is 13.2. The summed E-state index contributed by atoms with van der Waals surface area (Å²) in [5.74, 6) is -0.501. The van der Waals surface area contributed by atoms with E-state index in [1.165, 1.54) is 12.1 Å². The molecule has 2 aromatic carbocycles. The molecule has 2 heterocycles. The zero-order valence-electron chi connectivity index (χ0n) is 15.1. The van der Waals surface area contributed by atoms with Crippen LogP contribution in [0.2, 0.25) is 0 Å². The molecule has 0 N–H and O–H groups in total. The van der Waals surface area contributed by atoms with Gasteiger partial charge >= 0.3 is 0 Å². The molecule has 0 saturated heterocycles. The first-order valence-corrected chi connectivity index (χ1v) is 10.1. The molecule has 6 heteroatoms. The van der Waals surface area contributed by atoms with Crippen LogP contribution >= 0.6 is 0 Å². The van der Waals surface area contributed by atoms with Crippen LogP contribution < -0.4 is 0 Å². The van der Waals surface area contributed by atoms with Gasteiger partial charge in [-0.2, -0.15) is 12.8 Å². The van der Waals surface area contributed by atoms with Crippen LogP contribution in [0.25, 0.3) is 5.52 Å². The van der Waals surface area contributed by atoms with E-state index in [1.807, 2.05) is 72.1 Å². The number of nitrogens with zero attached hydrogens (tertiary/aromatic N) is 2. The molecule has 2 aromatic heterocycles. The average molecular weight is 392 g/mol. The fourth-order valence-electron chi connectivity index (χ4n) is 3.13. The molecule has 0 unspecified atom stereocenters. The molecule has 4 aromatic rings. The lowest BCUT2D eigenvalue weighted by Crippen LogP contribution is -2.10. The van der Waals surface area contributed by atoms with Crippen molar-refractivity contribution in [3.63, 3.8) is 0 Å². The van der Waals surface area contributed by atoms with Crippen molar-refractivity contribution in [3.8, 4) is 0 Å². The summed E-state index contributed by atoms with van der Waals surface area (Å²) in [6, 6.07) is 21.5. The molecule has 0 saturated carbocycles. The van der Waals surface area contributed by atoms with Crippen molar-refractivity contribution in [2.45, 2.75) is 11.8 Å². The van der Waals surface area contributed by atoms with Crippen molar-refractivity contribution in [1.29, 1.82) is 0 Å². The minimum absolute atomic E-state index is 0.0556. The summed E-state index contributed by atoms with van der Waals surface area (Å²) in [7, 11) is -4.02. The fourth-order valence-corrected chi connectivity index (χ4v) is 4.15. The number of halogens is 1. The molecule has 0 aliphatic rings. The van der Waals surface area contributed by atoms with Gasteiger partial charge in [0.1, 0.15) is 11.5 Å². The van der Waals surface area contributed by atoms with Gasteiger partial charge < -0.3 is 4.40 Å². The van der Waals surface area contributed by atoms with E-state index < -0.39 is 15.8 Å². The summed E-state index contributed by atoms with van der Waals surface area (Å²) < 4.78 is 45.1. The summed E-state index contributed by atoms with van der Waals surface area (Å²) in [4.78, 5) is -0.0556. The normalized spacial score (nSPS) is 12.4. The first kappa shape index (κ1) is 18.1. The predicted molar refractivity (Wildman–Crippen MR) is 108 cm³/mol. The second-order valence-electron chi connectivity index (χ2n) is 6.40. The summed E-state index contributed by atoms with van der Waals surface area (Å²) in [5, 5.41) is 0. The number of sulfonamides is 1. The largest absolute Gasteiger partial charge is 0.315 e. The summed E-state index contributed by atoms with van der Waals surface area (Å²) in [6.45, 7) is 1.97. The van der Waals surface area contributed by atoms with Gasteiger partial charge in [-0.1, -0.05) is 36.4 Å². The highest BCUT2D eigenvalue weighted by Crippen LogP contribution is 2.22. The lowest BCUT2D eigenvalue weighted by molar-refractivity contribution is 0.596. The summed E-state index contributed by atoms with van der Waals surface area (Å²) in [5.41, 5.74) is 3.67. The van der Waals surface area contributed by atoms with E-state index in [9.17, 15) is 12.8 Å². The molecule has 0 aliphatic carbocycles. The van der Waals surface area contributed by atoms with Crippen molar-refractivity contribution in [3.05, 3.63) is 108 Å². The van der Waals surface area contributed by atoms with E-state index in [2.05, 4.69) is 4.40 Å². The number of hydrogen-bond acceptors (Lipinski definition) is 2. The first-order chi connectivity index (χ1) is 13.5. The van der Waals surface area contributed by atoms with Crippen LogP contribution in [0, 0.1) is 12.7 Å². The van der Waals surface area contributed by atoms with E-state index in [0.717, 1.165) is 23.2 Å². The van der Waals surface area contributed by atoms with Crippen molar-refractivity contribution >= 4 is 21.3 Å². The Balaban J connectivity index is 1.97. The number of rotatable bonds is 4. The zero-order chi connectivity index (χ0) is 19.7. The van der Waals surface area contributed by atoms with Crippen LogP contribution in [0.4, 0.5) is 4.39 Å². The van der Waals surface area contributed by atoms with Crippen LogP contribution in [0.1, 0.15) is 16.8 Å². The van der Waals surface area contributed by atoms with Crippen LogP contribution in [-0.4, -0.2) is 18.5 Å². The van der Waals surface area contributed by atoms with Crippen LogP contribution in [0.5, 0.6) is 0 Å². The van der Waals surface area contributed by atoms with Gasteiger partial charge in [0, 0.05) is 17.3 Å². The van der Waals surface area contributed by atoms with Crippen LogP contribution in [0.15, 0.2) is 94.4 Å². The van der Waals surface area contributed by atoms with Gasteiger partial charge in [0.15, 0.2) is 0 Å². The maximum absolute atomic E-state index is 13.2. The third-order valence-corrected chi connectivity index (χ3v) is 5.78. The van der Waals surface area contributed by atoms with Crippen molar-refractivity contribution < 1.29 is 12.8 Å². The topological polar surface area (TPSA) is 50.9 Å². The minimum Gasteiger partial charge on any atom is -0.315 e. The van der Waals surface area contributed by atoms with Gasteiger partial charge in [-0.25, -0.2) is 4.39 Å². The molecule has 0 aliphatic heterocycles. The lowest BCUT2D eigenvalue weighted by atomic mass is 10.1. The SMILES string of the molecule is Cc1cc(/C(=N/S(=O)(=O)c2ccc(F)cc2)c2ccccc2)n2ccccc12. The first-order valence-electron chi connectivity index (χ1n) is 8.69. The smallest absolute Gasteiger partial charge is 0.282 e. The minimum atomic E-state index is -4.02. The maximum Gasteiger partial charge on any atom is 0.282 e. The third kappa shape index (κ3) is 3.34. The molecule has 0 bridgehead atoms. The molecule has 28 heavy (non-hydrogen) atoms. The summed E-state index contributed by atoms with van der Waals surface area (Å²) >= 11 is 0. The molecule has 0 atom stereocenters.